The first-order valence-electron chi connectivity index (χ1n) is 11.2. The fourth-order valence-corrected chi connectivity index (χ4v) is 4.44. The lowest BCUT2D eigenvalue weighted by atomic mass is 10.1. The predicted octanol–water partition coefficient (Wildman–Crippen LogP) is 4.23. The van der Waals surface area contributed by atoms with E-state index in [2.05, 4.69) is 15.3 Å². The van der Waals surface area contributed by atoms with Gasteiger partial charge in [0.25, 0.3) is 12.3 Å². The quantitative estimate of drug-likeness (QED) is 0.414. The Morgan fingerprint density at radius 3 is 2.71 bits per heavy atom. The molecule has 0 radical (unpaired) electrons. The molecule has 0 fully saturated rings. The third kappa shape index (κ3) is 4.39. The summed E-state index contributed by atoms with van der Waals surface area (Å²) in [5.74, 6) is 0.202. The maximum absolute atomic E-state index is 13.4. The van der Waals surface area contributed by atoms with Crippen LogP contribution in [0.5, 0.6) is 5.75 Å². The number of ether oxygens (including phenoxy) is 1. The number of hydrogen-bond acceptors (Lipinski definition) is 5. The van der Waals surface area contributed by atoms with Crippen molar-refractivity contribution in [1.82, 2.24) is 24.5 Å². The summed E-state index contributed by atoms with van der Waals surface area (Å²) in [5.41, 5.74) is 4.39. The summed E-state index contributed by atoms with van der Waals surface area (Å²) < 4.78 is 35.6. The van der Waals surface area contributed by atoms with E-state index in [0.717, 1.165) is 22.5 Å². The van der Waals surface area contributed by atoms with Crippen LogP contribution in [0.2, 0.25) is 0 Å². The molecule has 35 heavy (non-hydrogen) atoms. The molecule has 180 valence electrons. The second-order valence-corrected chi connectivity index (χ2v) is 8.42. The maximum Gasteiger partial charge on any atom is 0.256 e. The number of anilines is 1. The van der Waals surface area contributed by atoms with Crippen LogP contribution in [0.15, 0.2) is 61.2 Å². The van der Waals surface area contributed by atoms with Crippen molar-refractivity contribution >= 4 is 11.6 Å². The normalized spacial score (nSPS) is 15.9. The van der Waals surface area contributed by atoms with Crippen LogP contribution in [-0.4, -0.2) is 50.5 Å². The Morgan fingerprint density at radius 2 is 1.97 bits per heavy atom. The zero-order valence-corrected chi connectivity index (χ0v) is 19.3. The number of hydrogen-bond donors (Lipinski definition) is 0. The summed E-state index contributed by atoms with van der Waals surface area (Å²) in [4.78, 5) is 18.8. The van der Waals surface area contributed by atoms with Gasteiger partial charge in [-0.15, -0.1) is 5.10 Å². The van der Waals surface area contributed by atoms with Gasteiger partial charge in [0.2, 0.25) is 0 Å². The van der Waals surface area contributed by atoms with Gasteiger partial charge in [-0.2, -0.15) is 0 Å². The first kappa shape index (κ1) is 22.7. The van der Waals surface area contributed by atoms with Crippen molar-refractivity contribution in [2.24, 2.45) is 0 Å². The van der Waals surface area contributed by atoms with Gasteiger partial charge in [0.05, 0.1) is 37.6 Å². The summed E-state index contributed by atoms with van der Waals surface area (Å²) in [7, 11) is 1.59. The summed E-state index contributed by atoms with van der Waals surface area (Å²) in [6.45, 7) is 1.24. The molecule has 1 unspecified atom stereocenters. The van der Waals surface area contributed by atoms with Crippen molar-refractivity contribution in [2.45, 2.75) is 32.2 Å². The standard InChI is InChI=1S/C25H24F2N6O2/c1-16-12-31(15-28-16)21-9-8-18(11-23(21)35-2)19-13-33(30-29-19)22-10-7-17-5-3-4-6-20(17)32(25(22)34)14-24(26)27/h3-6,8-9,11-13,15,22,24H,7,10,14H2,1-2H3. The number of fused-ring (bicyclic) bond motifs is 1. The topological polar surface area (TPSA) is 78.1 Å². The van der Waals surface area contributed by atoms with Crippen LogP contribution in [0.4, 0.5) is 14.5 Å². The number of aromatic nitrogens is 5. The van der Waals surface area contributed by atoms with E-state index in [4.69, 9.17) is 4.74 Å². The average molecular weight is 479 g/mol. The SMILES string of the molecule is COc1cc(-c2cn(C3CCc4ccccc4N(CC(F)F)C3=O)nn2)ccc1-n1cnc(C)c1. The fraction of sp³-hybridized carbons (Fsp3) is 0.280. The number of imidazole rings is 1. The lowest BCUT2D eigenvalue weighted by molar-refractivity contribution is -0.122. The molecule has 0 aliphatic carbocycles. The van der Waals surface area contributed by atoms with Gasteiger partial charge in [-0.1, -0.05) is 29.5 Å². The lowest BCUT2D eigenvalue weighted by Gasteiger charge is -2.25. The number of rotatable bonds is 6. The minimum atomic E-state index is -2.65. The molecule has 1 amide bonds. The second-order valence-electron chi connectivity index (χ2n) is 8.42. The number of benzene rings is 2. The van der Waals surface area contributed by atoms with E-state index in [1.165, 1.54) is 9.58 Å². The van der Waals surface area contributed by atoms with E-state index in [0.29, 0.717) is 30.0 Å². The third-order valence-electron chi connectivity index (χ3n) is 6.14. The number of methoxy groups -OCH3 is 1. The minimum Gasteiger partial charge on any atom is -0.495 e. The summed E-state index contributed by atoms with van der Waals surface area (Å²) in [5, 5.41) is 8.46. The van der Waals surface area contributed by atoms with Crippen molar-refractivity contribution in [2.75, 3.05) is 18.6 Å². The Balaban J connectivity index is 1.45. The van der Waals surface area contributed by atoms with E-state index < -0.39 is 24.9 Å². The van der Waals surface area contributed by atoms with E-state index in [1.54, 1.807) is 31.8 Å². The number of alkyl halides is 2. The van der Waals surface area contributed by atoms with Crippen molar-refractivity contribution in [3.8, 4) is 22.7 Å². The monoisotopic (exact) mass is 478 g/mol. The van der Waals surface area contributed by atoms with Gasteiger partial charge in [0, 0.05) is 17.4 Å². The van der Waals surface area contributed by atoms with Gasteiger partial charge in [-0.05, 0) is 43.5 Å². The molecular formula is C25H24F2N6O2. The van der Waals surface area contributed by atoms with Crippen molar-refractivity contribution < 1.29 is 18.3 Å². The average Bonchev–Trinajstić information content (AvgIpc) is 3.49. The summed E-state index contributed by atoms with van der Waals surface area (Å²) in [6.07, 6.45) is 3.63. The molecule has 0 bridgehead atoms. The molecule has 4 aromatic rings. The van der Waals surface area contributed by atoms with Gasteiger partial charge < -0.3 is 14.2 Å². The number of aryl methyl sites for hydroxylation is 2. The fourth-order valence-electron chi connectivity index (χ4n) is 4.44. The molecule has 5 rings (SSSR count). The van der Waals surface area contributed by atoms with E-state index in [-0.39, 0.29) is 0 Å². The third-order valence-corrected chi connectivity index (χ3v) is 6.14. The zero-order valence-electron chi connectivity index (χ0n) is 19.3. The molecule has 0 N–H and O–H groups in total. The molecule has 0 saturated carbocycles. The molecule has 2 aromatic carbocycles. The van der Waals surface area contributed by atoms with Crippen molar-refractivity contribution in [1.29, 1.82) is 0 Å². The number of nitrogens with zero attached hydrogens (tertiary/aromatic N) is 6. The number of carbonyl (C=O) groups is 1. The van der Waals surface area contributed by atoms with Crippen LogP contribution in [0.3, 0.4) is 0 Å². The number of carbonyl (C=O) groups excluding carboxylic acids is 1. The van der Waals surface area contributed by atoms with E-state index >= 15 is 0 Å². The largest absolute Gasteiger partial charge is 0.495 e. The second kappa shape index (κ2) is 9.28. The van der Waals surface area contributed by atoms with Gasteiger partial charge >= 0.3 is 0 Å². The molecule has 0 spiro atoms. The Hall–Kier alpha value is -4.08. The number of para-hydroxylation sites is 1. The zero-order chi connectivity index (χ0) is 24.5. The Labute approximate surface area is 200 Å². The molecule has 0 saturated heterocycles. The maximum atomic E-state index is 13.4. The van der Waals surface area contributed by atoms with E-state index in [9.17, 15) is 13.6 Å². The van der Waals surface area contributed by atoms with Crippen molar-refractivity contribution in [3.63, 3.8) is 0 Å². The summed E-state index contributed by atoms with van der Waals surface area (Å²) >= 11 is 0. The van der Waals surface area contributed by atoms with Gasteiger partial charge in [0.15, 0.2) is 0 Å². The van der Waals surface area contributed by atoms with E-state index in [1.807, 2.05) is 48.0 Å². The van der Waals surface area contributed by atoms with Crippen LogP contribution < -0.4 is 9.64 Å². The molecule has 3 heterocycles. The number of halogens is 2. The van der Waals surface area contributed by atoms with Gasteiger partial charge in [0.1, 0.15) is 17.5 Å². The molecule has 1 atom stereocenters. The number of amides is 1. The van der Waals surface area contributed by atoms with Gasteiger partial charge in [-0.25, -0.2) is 18.4 Å². The highest BCUT2D eigenvalue weighted by atomic mass is 19.3. The smallest absolute Gasteiger partial charge is 0.256 e. The Morgan fingerprint density at radius 1 is 1.14 bits per heavy atom. The minimum absolute atomic E-state index is 0.421. The Bertz CT molecular complexity index is 1370. The highest BCUT2D eigenvalue weighted by Gasteiger charge is 2.33. The van der Waals surface area contributed by atoms with Crippen LogP contribution >= 0.6 is 0 Å². The van der Waals surface area contributed by atoms with Crippen LogP contribution in [0.25, 0.3) is 16.9 Å². The molecule has 1 aliphatic rings. The Kier molecular flexibility index (Phi) is 6.02. The van der Waals surface area contributed by atoms with Crippen molar-refractivity contribution in [3.05, 3.63) is 72.4 Å². The molecule has 1 aliphatic heterocycles. The molecular weight excluding hydrogens is 454 g/mol. The molecule has 8 nitrogen and oxygen atoms in total. The summed E-state index contributed by atoms with van der Waals surface area (Å²) in [6, 6.07) is 12.1. The molecule has 10 heteroatoms. The van der Waals surface area contributed by atoms with Gasteiger partial charge in [-0.3, -0.25) is 4.79 Å². The highest BCUT2D eigenvalue weighted by Crippen LogP contribution is 2.33. The van der Waals surface area contributed by atoms with Crippen LogP contribution in [-0.2, 0) is 11.2 Å². The first-order valence-corrected chi connectivity index (χ1v) is 11.2. The highest BCUT2D eigenvalue weighted by molar-refractivity contribution is 5.97. The predicted molar refractivity (Wildman–Crippen MR) is 126 cm³/mol. The lowest BCUT2D eigenvalue weighted by Crippen LogP contribution is -2.39. The first-order chi connectivity index (χ1) is 16.9. The van der Waals surface area contributed by atoms with Crippen LogP contribution in [0.1, 0.15) is 23.7 Å². The van der Waals surface area contributed by atoms with Crippen LogP contribution in [0, 0.1) is 6.92 Å². The molecule has 2 aromatic heterocycles.